The van der Waals surface area contributed by atoms with Gasteiger partial charge in [-0.05, 0) is 28.5 Å². The Labute approximate surface area is 134 Å². The second-order valence-corrected chi connectivity index (χ2v) is 6.39. The summed E-state index contributed by atoms with van der Waals surface area (Å²) in [5.41, 5.74) is 7.58. The van der Waals surface area contributed by atoms with E-state index in [1.807, 2.05) is 24.3 Å². The number of benzene rings is 3. The van der Waals surface area contributed by atoms with Crippen molar-refractivity contribution < 1.29 is 0 Å². The molecular weight excluding hydrogens is 298 g/mol. The molecule has 1 atom stereocenters. The van der Waals surface area contributed by atoms with Crippen molar-refractivity contribution in [2.45, 2.75) is 10.9 Å². The van der Waals surface area contributed by atoms with Gasteiger partial charge < -0.3 is 5.73 Å². The average Bonchev–Trinajstić information content (AvgIpc) is 2.53. The van der Waals surface area contributed by atoms with Crippen LogP contribution in [0.2, 0.25) is 5.02 Å². The van der Waals surface area contributed by atoms with Crippen molar-refractivity contribution in [3.8, 4) is 0 Å². The van der Waals surface area contributed by atoms with Crippen LogP contribution in [0.15, 0.2) is 71.6 Å². The monoisotopic (exact) mass is 313 g/mol. The lowest BCUT2D eigenvalue weighted by atomic mass is 10.0. The van der Waals surface area contributed by atoms with E-state index in [4.69, 9.17) is 17.3 Å². The summed E-state index contributed by atoms with van der Waals surface area (Å²) in [7, 11) is 0. The van der Waals surface area contributed by atoms with Crippen molar-refractivity contribution in [2.75, 3.05) is 5.75 Å². The summed E-state index contributed by atoms with van der Waals surface area (Å²) < 4.78 is 0. The molecule has 0 saturated carbocycles. The van der Waals surface area contributed by atoms with Crippen molar-refractivity contribution in [1.29, 1.82) is 0 Å². The molecule has 0 heterocycles. The Kier molecular flexibility index (Phi) is 4.49. The first-order valence-electron chi connectivity index (χ1n) is 6.86. The number of halogens is 1. The van der Waals surface area contributed by atoms with Crippen molar-refractivity contribution >= 4 is 34.1 Å². The molecule has 21 heavy (non-hydrogen) atoms. The largest absolute Gasteiger partial charge is 0.323 e. The average molecular weight is 314 g/mol. The smallest absolute Gasteiger partial charge is 0.0541 e. The van der Waals surface area contributed by atoms with Gasteiger partial charge in [-0.2, -0.15) is 0 Å². The molecule has 0 radical (unpaired) electrons. The summed E-state index contributed by atoms with van der Waals surface area (Å²) in [5.74, 6) is 0.803. The maximum Gasteiger partial charge on any atom is 0.0541 e. The fraction of sp³-hybridized carbons (Fsp3) is 0.111. The van der Waals surface area contributed by atoms with Crippen molar-refractivity contribution in [3.63, 3.8) is 0 Å². The molecule has 3 aromatic rings. The number of fused-ring (bicyclic) bond motifs is 1. The first-order valence-corrected chi connectivity index (χ1v) is 8.22. The van der Waals surface area contributed by atoms with Crippen molar-refractivity contribution in [1.82, 2.24) is 0 Å². The molecular formula is C18H16ClNS. The topological polar surface area (TPSA) is 26.0 Å². The van der Waals surface area contributed by atoms with Crippen LogP contribution in [0.4, 0.5) is 0 Å². The van der Waals surface area contributed by atoms with E-state index in [1.54, 1.807) is 11.8 Å². The minimum absolute atomic E-state index is 0.0163. The van der Waals surface area contributed by atoms with Crippen LogP contribution in [0.1, 0.15) is 11.6 Å². The number of thioether (sulfide) groups is 1. The van der Waals surface area contributed by atoms with E-state index >= 15 is 0 Å². The third kappa shape index (κ3) is 3.24. The molecule has 3 aromatic carbocycles. The van der Waals surface area contributed by atoms with Crippen LogP contribution in [0.5, 0.6) is 0 Å². The minimum atomic E-state index is -0.0163. The number of rotatable bonds is 4. The summed E-state index contributed by atoms with van der Waals surface area (Å²) in [6.45, 7) is 0. The molecule has 1 nitrogen and oxygen atoms in total. The molecule has 1 unspecified atom stereocenters. The third-order valence-electron chi connectivity index (χ3n) is 3.48. The van der Waals surface area contributed by atoms with Crippen LogP contribution in [0.3, 0.4) is 0 Å². The Bertz CT molecular complexity index is 752. The van der Waals surface area contributed by atoms with E-state index in [9.17, 15) is 0 Å². The summed E-state index contributed by atoms with van der Waals surface area (Å²) in [6, 6.07) is 22.5. The molecule has 0 saturated heterocycles. The molecule has 0 bridgehead atoms. The zero-order valence-corrected chi connectivity index (χ0v) is 13.1. The molecule has 0 spiro atoms. The van der Waals surface area contributed by atoms with Crippen LogP contribution < -0.4 is 5.73 Å². The van der Waals surface area contributed by atoms with E-state index in [0.717, 1.165) is 15.7 Å². The predicted octanol–water partition coefficient (Wildman–Crippen LogP) is 5.29. The SMILES string of the molecule is NC(CSc1ccccc1Cl)c1cccc2ccccc12. The molecule has 2 N–H and O–H groups in total. The molecule has 3 rings (SSSR count). The third-order valence-corrected chi connectivity index (χ3v) is 5.11. The molecule has 3 heteroatoms. The highest BCUT2D eigenvalue weighted by Gasteiger charge is 2.11. The maximum absolute atomic E-state index is 6.40. The van der Waals surface area contributed by atoms with Gasteiger partial charge in [0.15, 0.2) is 0 Å². The fourth-order valence-corrected chi connectivity index (χ4v) is 3.62. The molecule has 0 aliphatic heterocycles. The lowest BCUT2D eigenvalue weighted by molar-refractivity contribution is 0.840. The van der Waals surface area contributed by atoms with Gasteiger partial charge in [-0.1, -0.05) is 66.2 Å². The first-order chi connectivity index (χ1) is 10.3. The van der Waals surface area contributed by atoms with Gasteiger partial charge in [-0.15, -0.1) is 11.8 Å². The summed E-state index contributed by atoms with van der Waals surface area (Å²) in [6.07, 6.45) is 0. The van der Waals surface area contributed by atoms with Crippen LogP contribution in [-0.2, 0) is 0 Å². The standard InChI is InChI=1S/C18H16ClNS/c19-16-10-3-4-11-18(16)21-12-17(20)15-9-5-7-13-6-1-2-8-14(13)15/h1-11,17H,12,20H2. The van der Waals surface area contributed by atoms with Gasteiger partial charge in [0.05, 0.1) is 5.02 Å². The Morgan fingerprint density at radius 3 is 2.48 bits per heavy atom. The van der Waals surface area contributed by atoms with E-state index in [1.165, 1.54) is 16.3 Å². The van der Waals surface area contributed by atoms with E-state index in [-0.39, 0.29) is 6.04 Å². The second-order valence-electron chi connectivity index (χ2n) is 4.92. The highest BCUT2D eigenvalue weighted by atomic mass is 35.5. The van der Waals surface area contributed by atoms with Gasteiger partial charge in [-0.25, -0.2) is 0 Å². The molecule has 0 aliphatic carbocycles. The second kappa shape index (κ2) is 6.52. The van der Waals surface area contributed by atoms with Gasteiger partial charge in [0, 0.05) is 16.7 Å². The van der Waals surface area contributed by atoms with Gasteiger partial charge in [-0.3, -0.25) is 0 Å². The van der Waals surface area contributed by atoms with E-state index in [0.29, 0.717) is 0 Å². The Hall–Kier alpha value is -1.48. The highest BCUT2D eigenvalue weighted by Crippen LogP contribution is 2.31. The quantitative estimate of drug-likeness (QED) is 0.663. The number of nitrogens with two attached hydrogens (primary N) is 1. The van der Waals surface area contributed by atoms with Gasteiger partial charge in [0.1, 0.15) is 0 Å². The zero-order valence-electron chi connectivity index (χ0n) is 11.5. The van der Waals surface area contributed by atoms with Crippen molar-refractivity contribution in [2.24, 2.45) is 5.73 Å². The minimum Gasteiger partial charge on any atom is -0.323 e. The van der Waals surface area contributed by atoms with Gasteiger partial charge in [0.25, 0.3) is 0 Å². The number of hydrogen-bond acceptors (Lipinski definition) is 2. The molecule has 106 valence electrons. The Balaban J connectivity index is 1.81. The fourth-order valence-electron chi connectivity index (χ4n) is 2.40. The summed E-state index contributed by atoms with van der Waals surface area (Å²) >= 11 is 7.89. The van der Waals surface area contributed by atoms with Gasteiger partial charge >= 0.3 is 0 Å². The van der Waals surface area contributed by atoms with Crippen LogP contribution in [0.25, 0.3) is 10.8 Å². The predicted molar refractivity (Wildman–Crippen MR) is 93.1 cm³/mol. The van der Waals surface area contributed by atoms with Crippen LogP contribution in [0, 0.1) is 0 Å². The van der Waals surface area contributed by atoms with Crippen molar-refractivity contribution in [3.05, 3.63) is 77.3 Å². The Morgan fingerprint density at radius 2 is 1.62 bits per heavy atom. The molecule has 0 fully saturated rings. The molecule has 0 amide bonds. The molecule has 0 aliphatic rings. The highest BCUT2D eigenvalue weighted by molar-refractivity contribution is 7.99. The maximum atomic E-state index is 6.40. The number of hydrogen-bond donors (Lipinski definition) is 1. The van der Waals surface area contributed by atoms with Crippen LogP contribution in [-0.4, -0.2) is 5.75 Å². The normalized spacial score (nSPS) is 12.5. The summed E-state index contributed by atoms with van der Waals surface area (Å²) in [5, 5.41) is 3.24. The lowest BCUT2D eigenvalue weighted by Gasteiger charge is -2.15. The lowest BCUT2D eigenvalue weighted by Crippen LogP contribution is -2.13. The van der Waals surface area contributed by atoms with Crippen LogP contribution >= 0.6 is 23.4 Å². The first kappa shape index (κ1) is 14.5. The summed E-state index contributed by atoms with van der Waals surface area (Å²) in [4.78, 5) is 1.08. The van der Waals surface area contributed by atoms with Gasteiger partial charge in [0.2, 0.25) is 0 Å². The Morgan fingerprint density at radius 1 is 0.905 bits per heavy atom. The van der Waals surface area contributed by atoms with E-state index in [2.05, 4.69) is 42.5 Å². The molecule has 0 aromatic heterocycles. The van der Waals surface area contributed by atoms with E-state index < -0.39 is 0 Å². The zero-order chi connectivity index (χ0) is 14.7.